The number of nitrogens with zero attached hydrogens (tertiary/aromatic N) is 1. The summed E-state index contributed by atoms with van der Waals surface area (Å²) in [5.41, 5.74) is -0.368. The Morgan fingerprint density at radius 3 is 2.09 bits per heavy atom. The monoisotopic (exact) mass is 304 g/mol. The summed E-state index contributed by atoms with van der Waals surface area (Å²) in [5.74, 6) is 0.462. The Bertz CT molecular complexity index is 546. The van der Waals surface area contributed by atoms with E-state index in [1.807, 2.05) is 54.5 Å². The van der Waals surface area contributed by atoms with Crippen molar-refractivity contribution in [2.24, 2.45) is 5.41 Å². The predicted molar refractivity (Wildman–Crippen MR) is 88.0 cm³/mol. The first kappa shape index (κ1) is 17.0. The van der Waals surface area contributed by atoms with Gasteiger partial charge in [0, 0.05) is 17.1 Å². The molecule has 5 nitrogen and oxygen atoms in total. The van der Waals surface area contributed by atoms with E-state index in [0.717, 1.165) is 5.46 Å². The molecule has 22 heavy (non-hydrogen) atoms. The molecule has 1 amide bonds. The molecule has 0 bridgehead atoms. The van der Waals surface area contributed by atoms with Crippen molar-refractivity contribution >= 4 is 24.3 Å². The second-order valence-corrected chi connectivity index (χ2v) is 7.77. The smallest absolute Gasteiger partial charge is 0.399 e. The van der Waals surface area contributed by atoms with Gasteiger partial charge in [-0.1, -0.05) is 26.8 Å². The highest BCUT2D eigenvalue weighted by atomic mass is 16.7. The third-order valence-electron chi connectivity index (χ3n) is 4.23. The summed E-state index contributed by atoms with van der Waals surface area (Å²) in [6, 6.07) is 3.64. The summed E-state index contributed by atoms with van der Waals surface area (Å²) in [4.78, 5) is 16.2. The predicted octanol–water partition coefficient (Wildman–Crippen LogP) is 2.37. The maximum atomic E-state index is 11.9. The van der Waals surface area contributed by atoms with Crippen molar-refractivity contribution in [1.29, 1.82) is 0 Å². The minimum atomic E-state index is -0.452. The molecule has 1 saturated heterocycles. The molecule has 1 N–H and O–H groups in total. The molecule has 1 aliphatic rings. The molecule has 1 fully saturated rings. The number of amides is 1. The van der Waals surface area contributed by atoms with Gasteiger partial charge < -0.3 is 14.6 Å². The second kappa shape index (κ2) is 5.35. The lowest BCUT2D eigenvalue weighted by atomic mass is 9.80. The van der Waals surface area contributed by atoms with Gasteiger partial charge in [-0.25, -0.2) is 4.98 Å². The highest BCUT2D eigenvalue weighted by Gasteiger charge is 2.51. The van der Waals surface area contributed by atoms with Crippen LogP contribution in [0.3, 0.4) is 0 Å². The Morgan fingerprint density at radius 2 is 1.68 bits per heavy atom. The molecule has 0 aromatic carbocycles. The average molecular weight is 304 g/mol. The third kappa shape index (κ3) is 3.33. The lowest BCUT2D eigenvalue weighted by molar-refractivity contribution is -0.123. The van der Waals surface area contributed by atoms with Crippen LogP contribution in [-0.2, 0) is 14.1 Å². The summed E-state index contributed by atoms with van der Waals surface area (Å²) < 4.78 is 12.0. The van der Waals surface area contributed by atoms with E-state index >= 15 is 0 Å². The van der Waals surface area contributed by atoms with E-state index in [9.17, 15) is 4.79 Å². The highest BCUT2D eigenvalue weighted by Crippen LogP contribution is 2.36. The third-order valence-corrected chi connectivity index (χ3v) is 4.23. The topological polar surface area (TPSA) is 60.5 Å². The van der Waals surface area contributed by atoms with E-state index in [0.29, 0.717) is 5.82 Å². The van der Waals surface area contributed by atoms with E-state index in [4.69, 9.17) is 9.31 Å². The molecule has 0 saturated carbocycles. The maximum absolute atomic E-state index is 11.9. The fraction of sp³-hybridized carbons (Fsp3) is 0.625. The fourth-order valence-corrected chi connectivity index (χ4v) is 1.90. The summed E-state index contributed by atoms with van der Waals surface area (Å²) in [5, 5.41) is 2.80. The molecular weight excluding hydrogens is 279 g/mol. The van der Waals surface area contributed by atoms with E-state index in [2.05, 4.69) is 10.3 Å². The molecule has 120 valence electrons. The number of pyridine rings is 1. The number of nitrogens with one attached hydrogen (secondary N) is 1. The van der Waals surface area contributed by atoms with Gasteiger partial charge in [0.15, 0.2) is 0 Å². The molecule has 0 spiro atoms. The number of aromatic nitrogens is 1. The van der Waals surface area contributed by atoms with Crippen molar-refractivity contribution in [3.05, 3.63) is 18.3 Å². The van der Waals surface area contributed by atoms with Gasteiger partial charge >= 0.3 is 7.12 Å². The van der Waals surface area contributed by atoms with Crippen molar-refractivity contribution in [2.75, 3.05) is 5.32 Å². The zero-order valence-electron chi connectivity index (χ0n) is 14.5. The minimum absolute atomic E-state index is 0.0663. The molecule has 6 heteroatoms. The van der Waals surface area contributed by atoms with Crippen molar-refractivity contribution < 1.29 is 14.1 Å². The van der Waals surface area contributed by atoms with Gasteiger partial charge in [0.25, 0.3) is 0 Å². The molecule has 0 radical (unpaired) electrons. The molecule has 0 atom stereocenters. The van der Waals surface area contributed by atoms with Crippen LogP contribution in [0.1, 0.15) is 48.5 Å². The van der Waals surface area contributed by atoms with Crippen LogP contribution in [0.5, 0.6) is 0 Å². The molecule has 1 aromatic heterocycles. The number of hydrogen-bond donors (Lipinski definition) is 1. The number of carbonyl (C=O) groups excluding carboxylic acids is 1. The molecular formula is C16H25BN2O3. The van der Waals surface area contributed by atoms with Crippen molar-refractivity contribution in [3.63, 3.8) is 0 Å². The molecule has 1 aromatic rings. The summed E-state index contributed by atoms with van der Waals surface area (Å²) in [7, 11) is -0.440. The Balaban J connectivity index is 2.09. The quantitative estimate of drug-likeness (QED) is 0.852. The van der Waals surface area contributed by atoms with Crippen LogP contribution in [0.4, 0.5) is 5.82 Å². The van der Waals surface area contributed by atoms with Crippen molar-refractivity contribution in [2.45, 2.75) is 59.7 Å². The van der Waals surface area contributed by atoms with Gasteiger partial charge in [-0.05, 0) is 33.8 Å². The van der Waals surface area contributed by atoms with Crippen molar-refractivity contribution in [3.8, 4) is 0 Å². The number of anilines is 1. The van der Waals surface area contributed by atoms with Gasteiger partial charge in [0.2, 0.25) is 5.91 Å². The molecule has 2 heterocycles. The largest absolute Gasteiger partial charge is 0.496 e. The maximum Gasteiger partial charge on any atom is 0.496 e. The number of carbonyl (C=O) groups is 1. The van der Waals surface area contributed by atoms with Crippen LogP contribution in [0.15, 0.2) is 18.3 Å². The van der Waals surface area contributed by atoms with E-state index in [1.54, 1.807) is 12.3 Å². The first-order valence-electron chi connectivity index (χ1n) is 7.55. The Labute approximate surface area is 132 Å². The molecule has 0 aliphatic carbocycles. The lowest BCUT2D eigenvalue weighted by Crippen LogP contribution is -2.41. The number of hydrogen-bond acceptors (Lipinski definition) is 4. The van der Waals surface area contributed by atoms with E-state index in [-0.39, 0.29) is 17.1 Å². The van der Waals surface area contributed by atoms with Crippen molar-refractivity contribution in [1.82, 2.24) is 4.98 Å². The van der Waals surface area contributed by atoms with Crippen LogP contribution in [0.25, 0.3) is 0 Å². The highest BCUT2D eigenvalue weighted by molar-refractivity contribution is 6.62. The molecule has 2 rings (SSSR count). The average Bonchev–Trinajstić information content (AvgIpc) is 2.58. The lowest BCUT2D eigenvalue weighted by Gasteiger charge is -2.32. The molecule has 0 unspecified atom stereocenters. The van der Waals surface area contributed by atoms with Crippen LogP contribution in [-0.4, -0.2) is 29.2 Å². The van der Waals surface area contributed by atoms with Gasteiger partial charge in [-0.3, -0.25) is 4.79 Å². The first-order valence-corrected chi connectivity index (χ1v) is 7.55. The van der Waals surface area contributed by atoms with Crippen LogP contribution >= 0.6 is 0 Å². The van der Waals surface area contributed by atoms with Gasteiger partial charge in [0.05, 0.1) is 11.2 Å². The van der Waals surface area contributed by atoms with E-state index < -0.39 is 12.5 Å². The van der Waals surface area contributed by atoms with Crippen LogP contribution < -0.4 is 10.8 Å². The normalized spacial score (nSPS) is 20.0. The number of rotatable bonds is 2. The minimum Gasteiger partial charge on any atom is -0.399 e. The fourth-order valence-electron chi connectivity index (χ4n) is 1.90. The van der Waals surface area contributed by atoms with Gasteiger partial charge in [-0.15, -0.1) is 0 Å². The first-order chi connectivity index (χ1) is 9.92. The Morgan fingerprint density at radius 1 is 1.14 bits per heavy atom. The summed E-state index contributed by atoms with van der Waals surface area (Å²) in [6.07, 6.45) is 1.68. The van der Waals surface area contributed by atoms with Crippen LogP contribution in [0, 0.1) is 5.41 Å². The van der Waals surface area contributed by atoms with E-state index in [1.165, 1.54) is 0 Å². The van der Waals surface area contributed by atoms with Gasteiger partial charge in [0.1, 0.15) is 5.82 Å². The summed E-state index contributed by atoms with van der Waals surface area (Å²) >= 11 is 0. The zero-order chi connectivity index (χ0) is 16.8. The Kier molecular flexibility index (Phi) is 4.13. The van der Waals surface area contributed by atoms with Gasteiger partial charge in [-0.2, -0.15) is 0 Å². The Hall–Kier alpha value is -1.40. The summed E-state index contributed by atoms with van der Waals surface area (Å²) in [6.45, 7) is 13.6. The second-order valence-electron chi connectivity index (χ2n) is 7.77. The molecule has 1 aliphatic heterocycles. The SMILES string of the molecule is CC(C)(C)C(=O)Nc1ccc(B2OC(C)(C)C(C)(C)O2)cn1. The zero-order valence-corrected chi connectivity index (χ0v) is 14.5. The standard InChI is InChI=1S/C16H25BN2O3/c1-14(2,3)13(20)19-12-9-8-11(10-18-12)17-21-15(4,5)16(6,7)22-17/h8-10H,1-7H3,(H,18,19,20). The van der Waals surface area contributed by atoms with Crippen LogP contribution in [0.2, 0.25) is 0 Å².